The minimum atomic E-state index is -1.52. The molecule has 0 fully saturated rings. The van der Waals surface area contributed by atoms with Gasteiger partial charge in [0, 0.05) is 6.54 Å². The van der Waals surface area contributed by atoms with E-state index in [1.807, 2.05) is 13.8 Å². The lowest BCUT2D eigenvalue weighted by Gasteiger charge is -2.32. The summed E-state index contributed by atoms with van der Waals surface area (Å²) in [7, 11) is 1.63. The summed E-state index contributed by atoms with van der Waals surface area (Å²) in [5.41, 5.74) is -2.21. The highest BCUT2D eigenvalue weighted by molar-refractivity contribution is 5.99. The molecule has 0 bridgehead atoms. The predicted octanol–water partition coefficient (Wildman–Crippen LogP) is 1.66. The molecule has 0 aliphatic rings. The molecule has 2 N–H and O–H groups in total. The molecule has 0 amide bonds. The van der Waals surface area contributed by atoms with Crippen molar-refractivity contribution in [3.63, 3.8) is 0 Å². The molecule has 0 aliphatic heterocycles. The van der Waals surface area contributed by atoms with Crippen LogP contribution in [0.1, 0.15) is 41.0 Å². The summed E-state index contributed by atoms with van der Waals surface area (Å²) in [6.07, 6.45) is 0.248. The molecule has 5 heteroatoms. The summed E-state index contributed by atoms with van der Waals surface area (Å²) in [6.45, 7) is 9.02. The van der Waals surface area contributed by atoms with Gasteiger partial charge in [0.15, 0.2) is 5.41 Å². The number of carboxylic acids is 1. The minimum absolute atomic E-state index is 0.0649. The van der Waals surface area contributed by atoms with Crippen LogP contribution in [-0.2, 0) is 14.3 Å². The van der Waals surface area contributed by atoms with Crippen LogP contribution in [0.4, 0.5) is 0 Å². The molecule has 0 aromatic rings. The molecular formula is C13H25NO4. The zero-order chi connectivity index (χ0) is 14.6. The predicted molar refractivity (Wildman–Crippen MR) is 69.3 cm³/mol. The number of nitrogens with one attached hydrogen (secondary N) is 1. The number of carbonyl (C=O) groups excluding carboxylic acids is 1. The van der Waals surface area contributed by atoms with E-state index in [1.54, 1.807) is 27.8 Å². The summed E-state index contributed by atoms with van der Waals surface area (Å²) in [4.78, 5) is 23.7. The first kappa shape index (κ1) is 16.9. The van der Waals surface area contributed by atoms with Crippen molar-refractivity contribution in [2.45, 2.75) is 46.6 Å². The first-order valence-electron chi connectivity index (χ1n) is 6.16. The maximum atomic E-state index is 12.2. The van der Waals surface area contributed by atoms with Gasteiger partial charge in [-0.1, -0.05) is 13.8 Å². The molecule has 0 heterocycles. The number of esters is 1. The highest BCUT2D eigenvalue weighted by atomic mass is 16.6. The topological polar surface area (TPSA) is 75.6 Å². The summed E-state index contributed by atoms with van der Waals surface area (Å²) in [5, 5.41) is 12.2. The number of carboxylic acid groups (broad SMARTS) is 1. The van der Waals surface area contributed by atoms with E-state index in [9.17, 15) is 14.7 Å². The Morgan fingerprint density at radius 1 is 1.28 bits per heavy atom. The lowest BCUT2D eigenvalue weighted by atomic mass is 9.79. The number of aliphatic carboxylic acids is 1. The standard InChI is InChI=1S/C13H25NO4/c1-9(2)7-13(8-14-6,10(15)16)11(17)18-12(3,4)5/h9,14H,7-8H2,1-6H3,(H,15,16)/t13-/m0/s1. The van der Waals surface area contributed by atoms with Gasteiger partial charge >= 0.3 is 11.9 Å². The van der Waals surface area contributed by atoms with Crippen molar-refractivity contribution in [2.24, 2.45) is 11.3 Å². The molecule has 0 aromatic heterocycles. The number of rotatable bonds is 6. The number of carbonyl (C=O) groups is 2. The third-order valence-corrected chi connectivity index (χ3v) is 2.43. The lowest BCUT2D eigenvalue weighted by molar-refractivity contribution is -0.177. The Bertz CT molecular complexity index is 307. The van der Waals surface area contributed by atoms with Gasteiger partial charge in [-0.25, -0.2) is 0 Å². The van der Waals surface area contributed by atoms with Gasteiger partial charge in [0.1, 0.15) is 5.60 Å². The first-order valence-corrected chi connectivity index (χ1v) is 6.16. The van der Waals surface area contributed by atoms with Crippen LogP contribution in [-0.4, -0.2) is 36.2 Å². The van der Waals surface area contributed by atoms with E-state index in [0.717, 1.165) is 0 Å². The van der Waals surface area contributed by atoms with Gasteiger partial charge in [0.25, 0.3) is 0 Å². The first-order chi connectivity index (χ1) is 8.05. The average Bonchev–Trinajstić information content (AvgIpc) is 2.12. The van der Waals surface area contributed by atoms with Crippen LogP contribution in [0.15, 0.2) is 0 Å². The van der Waals surface area contributed by atoms with Crippen LogP contribution in [0.3, 0.4) is 0 Å². The molecule has 0 unspecified atom stereocenters. The van der Waals surface area contributed by atoms with E-state index in [1.165, 1.54) is 0 Å². The second-order valence-corrected chi connectivity index (χ2v) is 6.02. The quantitative estimate of drug-likeness (QED) is 0.560. The van der Waals surface area contributed by atoms with Gasteiger partial charge in [-0.05, 0) is 40.2 Å². The van der Waals surface area contributed by atoms with Crippen molar-refractivity contribution in [3.8, 4) is 0 Å². The third-order valence-electron chi connectivity index (χ3n) is 2.43. The van der Waals surface area contributed by atoms with Crippen LogP contribution < -0.4 is 5.32 Å². The van der Waals surface area contributed by atoms with Gasteiger partial charge in [0.05, 0.1) is 0 Å². The fourth-order valence-corrected chi connectivity index (χ4v) is 1.85. The smallest absolute Gasteiger partial charge is 0.325 e. The summed E-state index contributed by atoms with van der Waals surface area (Å²) < 4.78 is 5.26. The maximum absolute atomic E-state index is 12.2. The fraction of sp³-hybridized carbons (Fsp3) is 0.846. The van der Waals surface area contributed by atoms with E-state index in [4.69, 9.17) is 4.74 Å². The maximum Gasteiger partial charge on any atom is 0.325 e. The SMILES string of the molecule is CNC[C@@](CC(C)C)(C(=O)O)C(=O)OC(C)(C)C. The number of hydrogen-bond acceptors (Lipinski definition) is 4. The molecule has 0 aromatic carbocycles. The Balaban J connectivity index is 5.28. The monoisotopic (exact) mass is 259 g/mol. The van der Waals surface area contributed by atoms with Crippen molar-refractivity contribution in [2.75, 3.05) is 13.6 Å². The Morgan fingerprint density at radius 2 is 1.78 bits per heavy atom. The average molecular weight is 259 g/mol. The van der Waals surface area contributed by atoms with E-state index < -0.39 is 23.0 Å². The van der Waals surface area contributed by atoms with Crippen LogP contribution in [0.25, 0.3) is 0 Å². The molecule has 0 spiro atoms. The zero-order valence-electron chi connectivity index (χ0n) is 12.2. The van der Waals surface area contributed by atoms with Crippen molar-refractivity contribution in [1.29, 1.82) is 0 Å². The molecule has 0 saturated carbocycles. The van der Waals surface area contributed by atoms with Crippen molar-refractivity contribution in [1.82, 2.24) is 5.32 Å². The Labute approximate surface area is 109 Å². The second kappa shape index (κ2) is 6.18. The van der Waals surface area contributed by atoms with Crippen LogP contribution in [0.2, 0.25) is 0 Å². The van der Waals surface area contributed by atoms with E-state index >= 15 is 0 Å². The summed E-state index contributed by atoms with van der Waals surface area (Å²) >= 11 is 0. The van der Waals surface area contributed by atoms with Crippen molar-refractivity contribution in [3.05, 3.63) is 0 Å². The normalized spacial score (nSPS) is 15.3. The molecule has 5 nitrogen and oxygen atoms in total. The molecule has 0 rings (SSSR count). The molecule has 0 radical (unpaired) electrons. The van der Waals surface area contributed by atoms with Crippen LogP contribution in [0.5, 0.6) is 0 Å². The van der Waals surface area contributed by atoms with Gasteiger partial charge in [-0.2, -0.15) is 0 Å². The van der Waals surface area contributed by atoms with Crippen molar-refractivity contribution < 1.29 is 19.4 Å². The largest absolute Gasteiger partial charge is 0.480 e. The molecule has 0 saturated heterocycles. The van der Waals surface area contributed by atoms with E-state index in [2.05, 4.69) is 5.32 Å². The molecule has 0 aliphatic carbocycles. The van der Waals surface area contributed by atoms with Crippen LogP contribution >= 0.6 is 0 Å². The minimum Gasteiger partial charge on any atom is -0.480 e. The molecule has 106 valence electrons. The Kier molecular flexibility index (Phi) is 5.80. The molecule has 18 heavy (non-hydrogen) atoms. The highest BCUT2D eigenvalue weighted by Gasteiger charge is 2.48. The summed E-state index contributed by atoms with van der Waals surface area (Å²) in [6, 6.07) is 0. The molecular weight excluding hydrogens is 234 g/mol. The van der Waals surface area contributed by atoms with Crippen LogP contribution in [0, 0.1) is 11.3 Å². The van der Waals surface area contributed by atoms with Gasteiger partial charge in [-0.3, -0.25) is 9.59 Å². The highest BCUT2D eigenvalue weighted by Crippen LogP contribution is 2.30. The third kappa shape index (κ3) is 4.64. The van der Waals surface area contributed by atoms with Gasteiger partial charge in [-0.15, -0.1) is 0 Å². The Hall–Kier alpha value is -1.10. The second-order valence-electron chi connectivity index (χ2n) is 6.02. The van der Waals surface area contributed by atoms with Gasteiger partial charge in [0.2, 0.25) is 0 Å². The van der Waals surface area contributed by atoms with E-state index in [0.29, 0.717) is 0 Å². The Morgan fingerprint density at radius 3 is 2.06 bits per heavy atom. The lowest BCUT2D eigenvalue weighted by Crippen LogP contribution is -2.50. The fourth-order valence-electron chi connectivity index (χ4n) is 1.85. The number of hydrogen-bond donors (Lipinski definition) is 2. The summed E-state index contributed by atoms with van der Waals surface area (Å²) in [5.74, 6) is -1.73. The van der Waals surface area contributed by atoms with Gasteiger partial charge < -0.3 is 15.2 Å². The van der Waals surface area contributed by atoms with E-state index in [-0.39, 0.29) is 18.9 Å². The molecule has 1 atom stereocenters. The van der Waals surface area contributed by atoms with Crippen molar-refractivity contribution >= 4 is 11.9 Å². The zero-order valence-corrected chi connectivity index (χ0v) is 12.2. The number of ether oxygens (including phenoxy) is 1.